The van der Waals surface area contributed by atoms with Gasteiger partial charge in [-0.25, -0.2) is 0 Å². The molecule has 0 radical (unpaired) electrons. The van der Waals surface area contributed by atoms with Gasteiger partial charge in [0.15, 0.2) is 0 Å². The van der Waals surface area contributed by atoms with Crippen LogP contribution in [0.15, 0.2) is 0 Å². The molecule has 17 heavy (non-hydrogen) atoms. The van der Waals surface area contributed by atoms with Crippen molar-refractivity contribution in [2.24, 2.45) is 11.3 Å². The Morgan fingerprint density at radius 1 is 1.53 bits per heavy atom. The van der Waals surface area contributed by atoms with Gasteiger partial charge in [0, 0.05) is 13.2 Å². The molecule has 0 aromatic rings. The van der Waals surface area contributed by atoms with Crippen LogP contribution in [0.5, 0.6) is 0 Å². The van der Waals surface area contributed by atoms with Crippen molar-refractivity contribution in [3.63, 3.8) is 0 Å². The van der Waals surface area contributed by atoms with Gasteiger partial charge in [-0.15, -0.1) is 0 Å². The van der Waals surface area contributed by atoms with E-state index < -0.39 is 0 Å². The first-order valence-electron chi connectivity index (χ1n) is 6.59. The van der Waals surface area contributed by atoms with Crippen molar-refractivity contribution >= 4 is 5.91 Å². The molecule has 1 rings (SSSR count). The predicted molar refractivity (Wildman–Crippen MR) is 68.9 cm³/mol. The second-order valence-electron chi connectivity index (χ2n) is 5.47. The summed E-state index contributed by atoms with van der Waals surface area (Å²) in [6.07, 6.45) is 0.915. The lowest BCUT2D eigenvalue weighted by Crippen LogP contribution is -2.49. The molecule has 1 saturated heterocycles. The summed E-state index contributed by atoms with van der Waals surface area (Å²) in [4.78, 5) is 12.2. The van der Waals surface area contributed by atoms with Crippen molar-refractivity contribution in [3.8, 4) is 0 Å². The standard InChI is InChI=1S/C13H26N2O2/c1-5-17-8-11(10(2)3)15-12(16)13(4)6-7-14-9-13/h10-11,14H,5-9H2,1-4H3,(H,15,16). The zero-order chi connectivity index (χ0) is 12.9. The van der Waals surface area contributed by atoms with E-state index >= 15 is 0 Å². The van der Waals surface area contributed by atoms with Crippen molar-refractivity contribution in [2.75, 3.05) is 26.3 Å². The van der Waals surface area contributed by atoms with E-state index in [1.807, 2.05) is 13.8 Å². The van der Waals surface area contributed by atoms with E-state index in [1.54, 1.807) is 0 Å². The smallest absolute Gasteiger partial charge is 0.227 e. The Balaban J connectivity index is 2.51. The predicted octanol–water partition coefficient (Wildman–Crippen LogP) is 1.16. The first-order valence-corrected chi connectivity index (χ1v) is 6.59. The molecule has 1 aliphatic rings. The van der Waals surface area contributed by atoms with Gasteiger partial charge < -0.3 is 15.4 Å². The highest BCUT2D eigenvalue weighted by atomic mass is 16.5. The van der Waals surface area contributed by atoms with Gasteiger partial charge in [-0.1, -0.05) is 13.8 Å². The van der Waals surface area contributed by atoms with Crippen molar-refractivity contribution in [2.45, 2.75) is 40.2 Å². The molecule has 1 amide bonds. The third-order valence-corrected chi connectivity index (χ3v) is 3.54. The van der Waals surface area contributed by atoms with Gasteiger partial charge in [0.05, 0.1) is 18.1 Å². The fourth-order valence-corrected chi connectivity index (χ4v) is 2.00. The quantitative estimate of drug-likeness (QED) is 0.735. The highest BCUT2D eigenvalue weighted by Gasteiger charge is 2.37. The number of hydrogen-bond acceptors (Lipinski definition) is 3. The number of nitrogens with one attached hydrogen (secondary N) is 2. The van der Waals surface area contributed by atoms with Gasteiger partial charge in [-0.05, 0) is 32.7 Å². The van der Waals surface area contributed by atoms with Crippen LogP contribution in [0.2, 0.25) is 0 Å². The maximum Gasteiger partial charge on any atom is 0.227 e. The summed E-state index contributed by atoms with van der Waals surface area (Å²) < 4.78 is 5.42. The molecule has 1 heterocycles. The summed E-state index contributed by atoms with van der Waals surface area (Å²) in [7, 11) is 0. The van der Waals surface area contributed by atoms with Crippen LogP contribution in [0, 0.1) is 11.3 Å². The largest absolute Gasteiger partial charge is 0.380 e. The minimum atomic E-state index is -0.251. The third kappa shape index (κ3) is 3.96. The zero-order valence-corrected chi connectivity index (χ0v) is 11.5. The molecule has 100 valence electrons. The summed E-state index contributed by atoms with van der Waals surface area (Å²) >= 11 is 0. The molecule has 2 N–H and O–H groups in total. The van der Waals surface area contributed by atoms with Crippen LogP contribution in [0.25, 0.3) is 0 Å². The van der Waals surface area contributed by atoms with Crippen LogP contribution < -0.4 is 10.6 Å². The van der Waals surface area contributed by atoms with Crippen LogP contribution in [-0.4, -0.2) is 38.3 Å². The Kier molecular flexibility index (Phi) is 5.40. The number of carbonyl (C=O) groups excluding carboxylic acids is 1. The normalized spacial score (nSPS) is 26.2. The number of ether oxygens (including phenoxy) is 1. The number of hydrogen-bond donors (Lipinski definition) is 2. The lowest BCUT2D eigenvalue weighted by atomic mass is 9.88. The molecule has 2 unspecified atom stereocenters. The molecule has 1 fully saturated rings. The van der Waals surface area contributed by atoms with Gasteiger partial charge in [0.1, 0.15) is 0 Å². The van der Waals surface area contributed by atoms with E-state index in [4.69, 9.17) is 4.74 Å². The monoisotopic (exact) mass is 242 g/mol. The van der Waals surface area contributed by atoms with Crippen LogP contribution in [0.1, 0.15) is 34.1 Å². The Labute approximate surface area is 104 Å². The molecule has 4 nitrogen and oxygen atoms in total. The summed E-state index contributed by atoms with van der Waals surface area (Å²) in [5, 5.41) is 6.38. The molecule has 0 bridgehead atoms. The molecule has 4 heteroatoms. The van der Waals surface area contributed by atoms with E-state index in [1.165, 1.54) is 0 Å². The van der Waals surface area contributed by atoms with Crippen LogP contribution in [0.3, 0.4) is 0 Å². The van der Waals surface area contributed by atoms with E-state index in [0.29, 0.717) is 19.1 Å². The third-order valence-electron chi connectivity index (χ3n) is 3.54. The molecule has 0 saturated carbocycles. The highest BCUT2D eigenvalue weighted by Crippen LogP contribution is 2.25. The topological polar surface area (TPSA) is 50.4 Å². The van der Waals surface area contributed by atoms with Gasteiger partial charge >= 0.3 is 0 Å². The molecule has 0 spiro atoms. The van der Waals surface area contributed by atoms with E-state index in [0.717, 1.165) is 19.5 Å². The van der Waals surface area contributed by atoms with Gasteiger partial charge in [-0.3, -0.25) is 4.79 Å². The first kappa shape index (κ1) is 14.5. The first-order chi connectivity index (χ1) is 7.99. The number of amides is 1. The van der Waals surface area contributed by atoms with Gasteiger partial charge in [0.25, 0.3) is 0 Å². The average Bonchev–Trinajstić information content (AvgIpc) is 2.72. The van der Waals surface area contributed by atoms with Crippen molar-refractivity contribution in [3.05, 3.63) is 0 Å². The Morgan fingerprint density at radius 3 is 2.71 bits per heavy atom. The van der Waals surface area contributed by atoms with E-state index in [-0.39, 0.29) is 17.4 Å². The Hall–Kier alpha value is -0.610. The molecule has 0 aromatic carbocycles. The summed E-state index contributed by atoms with van der Waals surface area (Å²) in [6, 6.07) is 0.111. The number of carbonyl (C=O) groups is 1. The molecule has 0 aliphatic carbocycles. The Bertz CT molecular complexity index is 248. The van der Waals surface area contributed by atoms with Crippen LogP contribution in [0.4, 0.5) is 0 Å². The summed E-state index contributed by atoms with van der Waals surface area (Å²) in [5.74, 6) is 0.546. The molecule has 1 aliphatic heterocycles. The second-order valence-corrected chi connectivity index (χ2v) is 5.47. The zero-order valence-electron chi connectivity index (χ0n) is 11.5. The molecular weight excluding hydrogens is 216 g/mol. The molecule has 0 aromatic heterocycles. The lowest BCUT2D eigenvalue weighted by molar-refractivity contribution is -0.130. The minimum Gasteiger partial charge on any atom is -0.380 e. The number of rotatable bonds is 6. The summed E-state index contributed by atoms with van der Waals surface area (Å²) in [6.45, 7) is 11.2. The maximum atomic E-state index is 12.2. The van der Waals surface area contributed by atoms with Gasteiger partial charge in [-0.2, -0.15) is 0 Å². The van der Waals surface area contributed by atoms with Crippen molar-refractivity contribution in [1.29, 1.82) is 0 Å². The van der Waals surface area contributed by atoms with Crippen molar-refractivity contribution < 1.29 is 9.53 Å². The average molecular weight is 242 g/mol. The maximum absolute atomic E-state index is 12.2. The molecular formula is C13H26N2O2. The SMILES string of the molecule is CCOCC(NC(=O)C1(C)CCNC1)C(C)C. The van der Waals surface area contributed by atoms with Gasteiger partial charge in [0.2, 0.25) is 5.91 Å². The lowest BCUT2D eigenvalue weighted by Gasteiger charge is -2.28. The van der Waals surface area contributed by atoms with Crippen LogP contribution in [-0.2, 0) is 9.53 Å². The van der Waals surface area contributed by atoms with E-state index in [2.05, 4.69) is 24.5 Å². The Morgan fingerprint density at radius 2 is 2.24 bits per heavy atom. The minimum absolute atomic E-state index is 0.111. The fourth-order valence-electron chi connectivity index (χ4n) is 2.00. The molecule has 2 atom stereocenters. The highest BCUT2D eigenvalue weighted by molar-refractivity contribution is 5.83. The van der Waals surface area contributed by atoms with E-state index in [9.17, 15) is 4.79 Å². The van der Waals surface area contributed by atoms with Crippen molar-refractivity contribution in [1.82, 2.24) is 10.6 Å². The fraction of sp³-hybridized carbons (Fsp3) is 0.923. The summed E-state index contributed by atoms with van der Waals surface area (Å²) in [5.41, 5.74) is -0.251. The van der Waals surface area contributed by atoms with Crippen LogP contribution >= 0.6 is 0 Å². The second kappa shape index (κ2) is 6.36.